The smallest absolute Gasteiger partial charge is 0.331 e. The Hall–Kier alpha value is -4.18. The molecule has 210 valence electrons. The minimum absolute atomic E-state index is 0.0557. The van der Waals surface area contributed by atoms with Crippen LogP contribution in [0.5, 0.6) is 11.5 Å². The molecule has 0 amide bonds. The molecule has 40 heavy (non-hydrogen) atoms. The van der Waals surface area contributed by atoms with Crippen LogP contribution in [-0.4, -0.2) is 48.6 Å². The first-order chi connectivity index (χ1) is 19.2. The lowest BCUT2D eigenvalue weighted by molar-refractivity contribution is -0.141. The number of carbonyl (C=O) groups is 4. The average Bonchev–Trinajstić information content (AvgIpc) is 3.46. The van der Waals surface area contributed by atoms with Gasteiger partial charge in [-0.25, -0.2) is 9.59 Å². The number of benzene rings is 2. The molecule has 0 aromatic heterocycles. The maximum absolute atomic E-state index is 13.4. The van der Waals surface area contributed by atoms with Gasteiger partial charge in [-0.1, -0.05) is 36.0 Å². The van der Waals surface area contributed by atoms with E-state index in [0.29, 0.717) is 41.4 Å². The van der Waals surface area contributed by atoms with E-state index in [1.165, 1.54) is 33.8 Å². The third-order valence-corrected chi connectivity index (χ3v) is 6.88. The van der Waals surface area contributed by atoms with E-state index in [2.05, 4.69) is 15.1 Å². The highest BCUT2D eigenvalue weighted by atomic mass is 16.7. The second-order valence-electron chi connectivity index (χ2n) is 9.95. The Bertz CT molecular complexity index is 1370. The number of Topliss-reactive ketones (excluding diaryl/α,β-unsaturated/α-hetero) is 2. The third kappa shape index (κ3) is 7.26. The second kappa shape index (κ2) is 13.3. The number of rotatable bonds is 11. The number of fused-ring (bicyclic) bond motifs is 2. The van der Waals surface area contributed by atoms with Crippen molar-refractivity contribution in [3.63, 3.8) is 0 Å². The summed E-state index contributed by atoms with van der Waals surface area (Å²) >= 11 is 0. The summed E-state index contributed by atoms with van der Waals surface area (Å²) in [5, 5.41) is 7.53. The van der Waals surface area contributed by atoms with Gasteiger partial charge >= 0.3 is 11.9 Å². The van der Waals surface area contributed by atoms with Gasteiger partial charge in [0.15, 0.2) is 5.71 Å². The number of nitrogens with zero attached hydrogens (tertiary/aromatic N) is 2. The normalized spacial score (nSPS) is 15.1. The van der Waals surface area contributed by atoms with Crippen LogP contribution in [-0.2, 0) is 30.4 Å². The van der Waals surface area contributed by atoms with Crippen molar-refractivity contribution in [1.82, 2.24) is 0 Å². The third-order valence-electron chi connectivity index (χ3n) is 6.88. The molecule has 10 heteroatoms. The van der Waals surface area contributed by atoms with Gasteiger partial charge in [0.25, 0.3) is 0 Å². The molecule has 4 rings (SSSR count). The molecule has 2 aromatic rings. The van der Waals surface area contributed by atoms with Crippen LogP contribution < -0.4 is 4.74 Å². The summed E-state index contributed by atoms with van der Waals surface area (Å²) in [7, 11) is 1.41. The van der Waals surface area contributed by atoms with Crippen molar-refractivity contribution in [2.45, 2.75) is 58.8 Å². The first-order valence-electron chi connectivity index (χ1n) is 13.3. The fourth-order valence-electron chi connectivity index (χ4n) is 4.92. The Morgan fingerprint density at radius 1 is 0.825 bits per heavy atom. The van der Waals surface area contributed by atoms with E-state index in [9.17, 15) is 19.2 Å². The van der Waals surface area contributed by atoms with E-state index in [1.54, 1.807) is 36.4 Å². The summed E-state index contributed by atoms with van der Waals surface area (Å²) in [6.45, 7) is 2.30. The lowest BCUT2D eigenvalue weighted by atomic mass is 9.93. The van der Waals surface area contributed by atoms with Crippen LogP contribution in [0.15, 0.2) is 46.7 Å². The Labute approximate surface area is 232 Å². The van der Waals surface area contributed by atoms with Gasteiger partial charge in [-0.15, -0.1) is 0 Å². The zero-order chi connectivity index (χ0) is 28.6. The number of ether oxygens (including phenoxy) is 2. The molecule has 1 fully saturated rings. The van der Waals surface area contributed by atoms with Crippen LogP contribution >= 0.6 is 0 Å². The predicted octanol–water partition coefficient (Wildman–Crippen LogP) is 5.20. The largest absolute Gasteiger partial charge is 0.457 e. The fourth-order valence-corrected chi connectivity index (χ4v) is 4.92. The zero-order valence-electron chi connectivity index (χ0n) is 22.9. The highest BCUT2D eigenvalue weighted by Gasteiger charge is 2.25. The molecular weight excluding hydrogens is 516 g/mol. The summed E-state index contributed by atoms with van der Waals surface area (Å²) in [6, 6.07) is 10.1. The Kier molecular flexibility index (Phi) is 9.55. The molecule has 1 aliphatic carbocycles. The number of carbonyl (C=O) groups excluding carboxylic acids is 4. The van der Waals surface area contributed by atoms with Crippen molar-refractivity contribution in [2.75, 3.05) is 13.7 Å². The van der Waals surface area contributed by atoms with Crippen LogP contribution in [0.4, 0.5) is 0 Å². The Morgan fingerprint density at radius 3 is 1.88 bits per heavy atom. The fraction of sp³-hybridized carbons (Fsp3) is 0.400. The summed E-state index contributed by atoms with van der Waals surface area (Å²) in [4.78, 5) is 58.5. The first-order valence-corrected chi connectivity index (χ1v) is 13.3. The van der Waals surface area contributed by atoms with Gasteiger partial charge < -0.3 is 19.1 Å². The van der Waals surface area contributed by atoms with Gasteiger partial charge in [0.1, 0.15) is 17.2 Å². The summed E-state index contributed by atoms with van der Waals surface area (Å²) < 4.78 is 11.1. The number of hydrogen-bond acceptors (Lipinski definition) is 10. The number of oxime groups is 2. The van der Waals surface area contributed by atoms with E-state index < -0.39 is 17.7 Å². The minimum atomic E-state index is -0.651. The molecule has 0 atom stereocenters. The van der Waals surface area contributed by atoms with Crippen LogP contribution in [0.3, 0.4) is 0 Å². The van der Waals surface area contributed by atoms with E-state index in [-0.39, 0.29) is 23.8 Å². The zero-order valence-corrected chi connectivity index (χ0v) is 22.9. The Morgan fingerprint density at radius 2 is 1.35 bits per heavy atom. The molecular formula is C30H32N2O8. The maximum atomic E-state index is 13.4. The molecule has 0 radical (unpaired) electrons. The second-order valence-corrected chi connectivity index (χ2v) is 9.95. The number of ketones is 2. The van der Waals surface area contributed by atoms with Crippen molar-refractivity contribution in [3.05, 3.63) is 58.7 Å². The molecule has 0 N–H and O–H groups in total. The summed E-state index contributed by atoms with van der Waals surface area (Å²) in [6.07, 6.45) is 6.32. The minimum Gasteiger partial charge on any atom is -0.457 e. The average molecular weight is 549 g/mol. The molecule has 0 unspecified atom stereocenters. The van der Waals surface area contributed by atoms with Crippen LogP contribution in [0.25, 0.3) is 0 Å². The molecule has 2 aromatic carbocycles. The molecule has 2 aliphatic rings. The van der Waals surface area contributed by atoms with E-state index >= 15 is 0 Å². The van der Waals surface area contributed by atoms with Crippen LogP contribution in [0, 0.1) is 5.92 Å². The van der Waals surface area contributed by atoms with Crippen molar-refractivity contribution in [2.24, 2.45) is 16.2 Å². The highest BCUT2D eigenvalue weighted by Crippen LogP contribution is 2.38. The van der Waals surface area contributed by atoms with Gasteiger partial charge in [0.2, 0.25) is 11.6 Å². The van der Waals surface area contributed by atoms with Crippen molar-refractivity contribution in [1.29, 1.82) is 0 Å². The van der Waals surface area contributed by atoms with Gasteiger partial charge in [-0.2, -0.15) is 0 Å². The highest BCUT2D eigenvalue weighted by molar-refractivity contribution is 6.46. The number of methoxy groups -OCH3 is 1. The SMILES string of the molecule is COC/C(=N\OC(C)=O)C(=O)c1ccc2c(c1)Cc1cc(C(=O)/C(CCC3CCCC3)=N/OC(C)=O)ccc1O2. The van der Waals surface area contributed by atoms with E-state index in [0.717, 1.165) is 30.4 Å². The molecule has 1 heterocycles. The standard InChI is InChI=1S/C30H32N2O8/c1-18(33)39-31-25(11-8-20-6-4-5-7-20)29(35)21-9-12-27-23(14-21)16-24-15-22(10-13-28(24)38-27)30(36)26(17-37-3)32-40-19(2)34/h9-10,12-15,20H,4-8,11,16-17H2,1-3H3/b31-25+,32-26+. The topological polar surface area (TPSA) is 130 Å². The molecule has 0 bridgehead atoms. The maximum Gasteiger partial charge on any atom is 0.331 e. The molecule has 0 spiro atoms. The number of hydrogen-bond donors (Lipinski definition) is 0. The van der Waals surface area contributed by atoms with Gasteiger partial charge in [0, 0.05) is 49.6 Å². The molecule has 0 saturated heterocycles. The first kappa shape index (κ1) is 28.8. The van der Waals surface area contributed by atoms with Crippen molar-refractivity contribution in [3.8, 4) is 11.5 Å². The summed E-state index contributed by atoms with van der Waals surface area (Å²) in [5.41, 5.74) is 2.39. The molecule has 10 nitrogen and oxygen atoms in total. The van der Waals surface area contributed by atoms with E-state index in [4.69, 9.17) is 14.3 Å². The van der Waals surface area contributed by atoms with Crippen molar-refractivity contribution < 1.29 is 38.3 Å². The summed E-state index contributed by atoms with van der Waals surface area (Å²) in [5.74, 6) is -0.257. The van der Waals surface area contributed by atoms with Crippen molar-refractivity contribution >= 4 is 34.9 Å². The Balaban J connectivity index is 1.55. The van der Waals surface area contributed by atoms with E-state index in [1.807, 2.05) is 0 Å². The van der Waals surface area contributed by atoms with Crippen LogP contribution in [0.2, 0.25) is 0 Å². The van der Waals surface area contributed by atoms with Crippen LogP contribution in [0.1, 0.15) is 84.2 Å². The molecule has 1 aliphatic heterocycles. The lowest BCUT2D eigenvalue weighted by Crippen LogP contribution is -2.21. The van der Waals surface area contributed by atoms with Gasteiger partial charge in [-0.3, -0.25) is 9.59 Å². The lowest BCUT2D eigenvalue weighted by Gasteiger charge is -2.21. The molecule has 1 saturated carbocycles. The van der Waals surface area contributed by atoms with Gasteiger partial charge in [0.05, 0.1) is 6.61 Å². The monoisotopic (exact) mass is 548 g/mol. The quantitative estimate of drug-likeness (QED) is 0.138. The van der Waals surface area contributed by atoms with Gasteiger partial charge in [-0.05, 0) is 55.2 Å². The predicted molar refractivity (Wildman–Crippen MR) is 146 cm³/mol.